The topological polar surface area (TPSA) is 74.6 Å². The fourth-order valence-corrected chi connectivity index (χ4v) is 0.755. The molecular weight excluding hydrogens is 398 g/mol. The van der Waals surface area contributed by atoms with Crippen molar-refractivity contribution in [1.82, 2.24) is 0 Å². The van der Waals surface area contributed by atoms with Crippen LogP contribution in [0.15, 0.2) is 24.3 Å². The van der Waals surface area contributed by atoms with Crippen LogP contribution in [-0.2, 0) is 0 Å². The molecule has 6 heteroatoms. The van der Waals surface area contributed by atoms with Crippen LogP contribution in [0.5, 0.6) is 0 Å². The molecule has 0 amide bonds. The monoisotopic (exact) mass is 406 g/mol. The number of aromatic carboxylic acids is 2. The van der Waals surface area contributed by atoms with Gasteiger partial charge >= 0.3 is 11.9 Å². The van der Waals surface area contributed by atoms with Gasteiger partial charge in [-0.1, -0.05) is 0 Å². The smallest absolute Gasteiger partial charge is 0.335 e. The molecule has 1 aromatic carbocycles. The summed E-state index contributed by atoms with van der Waals surface area (Å²) in [4.78, 5) is 20.7. The van der Waals surface area contributed by atoms with Crippen molar-refractivity contribution in [1.29, 1.82) is 0 Å². The molecule has 0 aliphatic carbocycles. The van der Waals surface area contributed by atoms with Gasteiger partial charge in [-0.2, -0.15) is 0 Å². The van der Waals surface area contributed by atoms with Crippen LogP contribution in [0.2, 0.25) is 0 Å². The minimum absolute atomic E-state index is 0. The summed E-state index contributed by atoms with van der Waals surface area (Å²) < 4.78 is 0. The molecule has 0 saturated heterocycles. The van der Waals surface area contributed by atoms with Crippen LogP contribution in [0.1, 0.15) is 20.7 Å². The molecule has 0 unspecified atom stereocenters. The summed E-state index contributed by atoms with van der Waals surface area (Å²) in [6, 6.07) is 5.02. The molecule has 70 valence electrons. The zero-order valence-corrected chi connectivity index (χ0v) is 12.7. The van der Waals surface area contributed by atoms with Crippen molar-refractivity contribution in [3.63, 3.8) is 0 Å². The Morgan fingerprint density at radius 3 is 1.14 bits per heavy atom. The fourth-order valence-electron chi connectivity index (χ4n) is 0.755. The SMILES string of the molecule is O=C(O)c1ccc(C(=O)O)cc1.[Sn].[Sn]. The van der Waals surface area contributed by atoms with Gasteiger partial charge in [-0.25, -0.2) is 9.59 Å². The predicted octanol–water partition coefficient (Wildman–Crippen LogP) is 0.321. The molecule has 0 spiro atoms. The van der Waals surface area contributed by atoms with E-state index in [0.717, 1.165) is 0 Å². The zero-order chi connectivity index (χ0) is 9.14. The van der Waals surface area contributed by atoms with Crippen molar-refractivity contribution in [2.45, 2.75) is 0 Å². The summed E-state index contributed by atoms with van der Waals surface area (Å²) in [6.07, 6.45) is 0. The summed E-state index contributed by atoms with van der Waals surface area (Å²) in [5.74, 6) is -2.13. The maximum atomic E-state index is 10.3. The second-order valence-electron chi connectivity index (χ2n) is 2.19. The number of hydrogen-bond acceptors (Lipinski definition) is 2. The van der Waals surface area contributed by atoms with Crippen LogP contribution in [0.3, 0.4) is 0 Å². The van der Waals surface area contributed by atoms with E-state index in [-0.39, 0.29) is 58.9 Å². The average Bonchev–Trinajstić information content (AvgIpc) is 2.04. The van der Waals surface area contributed by atoms with Crippen LogP contribution in [-0.4, -0.2) is 70.0 Å². The van der Waals surface area contributed by atoms with Crippen molar-refractivity contribution in [2.24, 2.45) is 0 Å². The van der Waals surface area contributed by atoms with Gasteiger partial charge in [0.15, 0.2) is 0 Å². The van der Waals surface area contributed by atoms with Gasteiger partial charge in [-0.3, -0.25) is 0 Å². The minimum Gasteiger partial charge on any atom is -0.478 e. The molecular formula is C8H6O4Sn2. The molecule has 0 aliphatic heterocycles. The first-order valence-corrected chi connectivity index (χ1v) is 3.18. The maximum Gasteiger partial charge on any atom is 0.335 e. The number of carboxylic acid groups (broad SMARTS) is 2. The molecule has 8 radical (unpaired) electrons. The quantitative estimate of drug-likeness (QED) is 0.698. The Bertz CT molecular complexity index is 288. The normalized spacial score (nSPS) is 8.00. The van der Waals surface area contributed by atoms with Crippen molar-refractivity contribution >= 4 is 59.8 Å². The molecule has 1 aromatic rings. The van der Waals surface area contributed by atoms with Gasteiger partial charge in [0.1, 0.15) is 0 Å². The first-order valence-electron chi connectivity index (χ1n) is 3.18. The van der Waals surface area contributed by atoms with E-state index in [1.54, 1.807) is 0 Å². The molecule has 2 N–H and O–H groups in total. The molecule has 4 nitrogen and oxygen atoms in total. The average molecular weight is 404 g/mol. The van der Waals surface area contributed by atoms with Crippen molar-refractivity contribution in [3.8, 4) is 0 Å². The van der Waals surface area contributed by atoms with Gasteiger partial charge in [0, 0.05) is 47.8 Å². The summed E-state index contributed by atoms with van der Waals surface area (Å²) in [5.41, 5.74) is 0.167. The number of carboxylic acids is 2. The molecule has 0 heterocycles. The molecule has 0 saturated carbocycles. The Kier molecular flexibility index (Phi) is 8.22. The predicted molar refractivity (Wildman–Crippen MR) is 51.9 cm³/mol. The van der Waals surface area contributed by atoms with Gasteiger partial charge < -0.3 is 10.2 Å². The summed E-state index contributed by atoms with van der Waals surface area (Å²) in [5, 5.41) is 16.9. The minimum atomic E-state index is -1.06. The van der Waals surface area contributed by atoms with Crippen LogP contribution < -0.4 is 0 Å². The third-order valence-electron chi connectivity index (χ3n) is 1.38. The van der Waals surface area contributed by atoms with Gasteiger partial charge in [0.05, 0.1) is 11.1 Å². The van der Waals surface area contributed by atoms with E-state index in [2.05, 4.69) is 0 Å². The van der Waals surface area contributed by atoms with Crippen molar-refractivity contribution in [3.05, 3.63) is 35.4 Å². The van der Waals surface area contributed by atoms with E-state index in [1.165, 1.54) is 24.3 Å². The summed E-state index contributed by atoms with van der Waals surface area (Å²) in [6.45, 7) is 0. The molecule has 0 aromatic heterocycles. The Morgan fingerprint density at radius 2 is 1.00 bits per heavy atom. The van der Waals surface area contributed by atoms with E-state index >= 15 is 0 Å². The van der Waals surface area contributed by atoms with Gasteiger partial charge in [0.25, 0.3) is 0 Å². The third kappa shape index (κ3) is 4.31. The largest absolute Gasteiger partial charge is 0.478 e. The molecule has 1 rings (SSSR count). The van der Waals surface area contributed by atoms with E-state index in [4.69, 9.17) is 10.2 Å². The van der Waals surface area contributed by atoms with Crippen LogP contribution in [0.25, 0.3) is 0 Å². The number of hydrogen-bond donors (Lipinski definition) is 2. The van der Waals surface area contributed by atoms with E-state index in [9.17, 15) is 9.59 Å². The first-order chi connectivity index (χ1) is 5.61. The van der Waals surface area contributed by atoms with Crippen LogP contribution in [0, 0.1) is 0 Å². The van der Waals surface area contributed by atoms with E-state index in [1.807, 2.05) is 0 Å². The Morgan fingerprint density at radius 1 is 0.786 bits per heavy atom. The molecule has 14 heavy (non-hydrogen) atoms. The molecule has 0 bridgehead atoms. The Balaban J connectivity index is 0. The van der Waals surface area contributed by atoms with Crippen molar-refractivity contribution in [2.75, 3.05) is 0 Å². The molecule has 0 aliphatic rings. The van der Waals surface area contributed by atoms with Crippen molar-refractivity contribution < 1.29 is 19.8 Å². The number of rotatable bonds is 2. The van der Waals surface area contributed by atoms with Crippen LogP contribution in [0.4, 0.5) is 0 Å². The Labute approximate surface area is 114 Å². The zero-order valence-electron chi connectivity index (χ0n) is 7.02. The summed E-state index contributed by atoms with van der Waals surface area (Å²) in [7, 11) is 0. The molecule has 0 atom stereocenters. The second-order valence-corrected chi connectivity index (χ2v) is 2.19. The van der Waals surface area contributed by atoms with E-state index < -0.39 is 11.9 Å². The maximum absolute atomic E-state index is 10.3. The van der Waals surface area contributed by atoms with Gasteiger partial charge in [-0.15, -0.1) is 0 Å². The van der Waals surface area contributed by atoms with Gasteiger partial charge in [-0.05, 0) is 24.3 Å². The third-order valence-corrected chi connectivity index (χ3v) is 1.38. The standard InChI is InChI=1S/C8H6O4.2Sn/c9-7(10)5-1-2-6(4-3-5)8(11)12;;/h1-4H,(H,9,10)(H,11,12);;. The molecule has 0 fully saturated rings. The number of carbonyl (C=O) groups is 2. The number of benzene rings is 1. The first kappa shape index (κ1) is 16.2. The fraction of sp³-hybridized carbons (Fsp3) is 0. The summed E-state index contributed by atoms with van der Waals surface area (Å²) >= 11 is 0. The second kappa shape index (κ2) is 7.10. The van der Waals surface area contributed by atoms with Gasteiger partial charge in [0.2, 0.25) is 0 Å². The van der Waals surface area contributed by atoms with Crippen LogP contribution >= 0.6 is 0 Å². The Hall–Kier alpha value is -0.243. The van der Waals surface area contributed by atoms with E-state index in [0.29, 0.717) is 0 Å².